The van der Waals surface area contributed by atoms with Crippen molar-refractivity contribution in [2.24, 2.45) is 0 Å². The van der Waals surface area contributed by atoms with Crippen LogP contribution in [0.3, 0.4) is 0 Å². The van der Waals surface area contributed by atoms with E-state index in [-0.39, 0.29) is 0 Å². The Morgan fingerprint density at radius 1 is 1.46 bits per heavy atom. The second-order valence-corrected chi connectivity index (χ2v) is 3.46. The van der Waals surface area contributed by atoms with Gasteiger partial charge >= 0.3 is 0 Å². The number of hydrogen-bond acceptors (Lipinski definition) is 2. The molecule has 0 aliphatic rings. The van der Waals surface area contributed by atoms with Crippen LogP contribution in [0.2, 0.25) is 5.02 Å². The molecule has 0 amide bonds. The third-order valence-corrected chi connectivity index (χ3v) is 2.23. The van der Waals surface area contributed by atoms with E-state index in [1.807, 2.05) is 12.1 Å². The lowest BCUT2D eigenvalue weighted by Crippen LogP contribution is -1.82. The zero-order valence-electron chi connectivity index (χ0n) is 7.38. The molecule has 68 valence electrons. The highest BCUT2D eigenvalue weighted by Crippen LogP contribution is 2.22. The van der Waals surface area contributed by atoms with E-state index >= 15 is 0 Å². The van der Waals surface area contributed by atoms with Crippen molar-refractivity contribution >= 4 is 22.6 Å². The first-order valence-electron chi connectivity index (χ1n) is 4.35. The molecule has 0 fully saturated rings. The van der Waals surface area contributed by atoms with Crippen molar-refractivity contribution in [1.82, 2.24) is 5.16 Å². The van der Waals surface area contributed by atoms with Crippen molar-refractivity contribution in [2.45, 2.75) is 19.8 Å². The first kappa shape index (κ1) is 8.57. The highest BCUT2D eigenvalue weighted by Gasteiger charge is 2.06. The number of aryl methyl sites for hydroxylation is 1. The van der Waals surface area contributed by atoms with E-state index < -0.39 is 0 Å². The zero-order valence-corrected chi connectivity index (χ0v) is 8.14. The van der Waals surface area contributed by atoms with Crippen molar-refractivity contribution in [1.29, 1.82) is 0 Å². The molecule has 0 saturated heterocycles. The molecule has 0 atom stereocenters. The Balaban J connectivity index is 2.55. The number of halogens is 1. The van der Waals surface area contributed by atoms with Crippen molar-refractivity contribution in [2.75, 3.05) is 0 Å². The monoisotopic (exact) mass is 195 g/mol. The summed E-state index contributed by atoms with van der Waals surface area (Å²) in [5.74, 6) is 0. The quantitative estimate of drug-likeness (QED) is 0.734. The third kappa shape index (κ3) is 1.54. The number of fused-ring (bicyclic) bond motifs is 1. The maximum atomic E-state index is 5.82. The Labute approximate surface area is 81.5 Å². The molecule has 2 aromatic rings. The van der Waals surface area contributed by atoms with Gasteiger partial charge in [-0.15, -0.1) is 0 Å². The minimum atomic E-state index is 0.687. The van der Waals surface area contributed by atoms with Crippen LogP contribution in [0.15, 0.2) is 22.7 Å². The van der Waals surface area contributed by atoms with E-state index in [1.165, 1.54) is 0 Å². The smallest absolute Gasteiger partial charge is 0.168 e. The third-order valence-electron chi connectivity index (χ3n) is 2.00. The van der Waals surface area contributed by atoms with Gasteiger partial charge in [-0.05, 0) is 18.6 Å². The SMILES string of the molecule is CCCc1noc2cc(Cl)ccc12. The van der Waals surface area contributed by atoms with E-state index in [9.17, 15) is 0 Å². The summed E-state index contributed by atoms with van der Waals surface area (Å²) in [4.78, 5) is 0. The predicted octanol–water partition coefficient (Wildman–Crippen LogP) is 3.43. The number of aromatic nitrogens is 1. The Hall–Kier alpha value is -1.02. The molecule has 0 aliphatic carbocycles. The second kappa shape index (κ2) is 3.38. The summed E-state index contributed by atoms with van der Waals surface area (Å²) in [6.45, 7) is 2.12. The van der Waals surface area contributed by atoms with Crippen LogP contribution in [-0.2, 0) is 6.42 Å². The molecule has 2 nitrogen and oxygen atoms in total. The largest absolute Gasteiger partial charge is 0.356 e. The first-order valence-corrected chi connectivity index (χ1v) is 4.73. The first-order chi connectivity index (χ1) is 6.31. The molecule has 0 bridgehead atoms. The fraction of sp³-hybridized carbons (Fsp3) is 0.300. The molecule has 0 radical (unpaired) electrons. The maximum absolute atomic E-state index is 5.82. The number of hydrogen-bond donors (Lipinski definition) is 0. The zero-order chi connectivity index (χ0) is 9.26. The standard InChI is InChI=1S/C10H10ClNO/c1-2-3-9-8-5-4-7(11)6-10(8)13-12-9/h4-6H,2-3H2,1H3. The molecule has 2 rings (SSSR count). The molecule has 13 heavy (non-hydrogen) atoms. The van der Waals surface area contributed by atoms with Gasteiger partial charge in [-0.1, -0.05) is 30.1 Å². The van der Waals surface area contributed by atoms with Gasteiger partial charge in [-0.25, -0.2) is 0 Å². The van der Waals surface area contributed by atoms with Gasteiger partial charge in [0.25, 0.3) is 0 Å². The van der Waals surface area contributed by atoms with Gasteiger partial charge in [0.05, 0.1) is 5.69 Å². The molecule has 1 aromatic carbocycles. The van der Waals surface area contributed by atoms with E-state index in [1.54, 1.807) is 6.07 Å². The summed E-state index contributed by atoms with van der Waals surface area (Å²) in [6.07, 6.45) is 2.03. The summed E-state index contributed by atoms with van der Waals surface area (Å²) in [6, 6.07) is 5.61. The topological polar surface area (TPSA) is 26.0 Å². The molecule has 0 aliphatic heterocycles. The van der Waals surface area contributed by atoms with Gasteiger partial charge in [0.2, 0.25) is 0 Å². The minimum Gasteiger partial charge on any atom is -0.356 e. The molecular weight excluding hydrogens is 186 g/mol. The fourth-order valence-corrected chi connectivity index (χ4v) is 1.54. The Morgan fingerprint density at radius 3 is 3.08 bits per heavy atom. The van der Waals surface area contributed by atoms with Crippen molar-refractivity contribution in [3.8, 4) is 0 Å². The summed E-state index contributed by atoms with van der Waals surface area (Å²) in [7, 11) is 0. The Bertz CT molecular complexity index is 422. The van der Waals surface area contributed by atoms with Crippen LogP contribution in [0.25, 0.3) is 11.0 Å². The van der Waals surface area contributed by atoms with Gasteiger partial charge in [0, 0.05) is 16.5 Å². The highest BCUT2D eigenvalue weighted by molar-refractivity contribution is 6.31. The molecule has 0 N–H and O–H groups in total. The lowest BCUT2D eigenvalue weighted by atomic mass is 10.1. The average Bonchev–Trinajstić information content (AvgIpc) is 2.49. The van der Waals surface area contributed by atoms with Crippen molar-refractivity contribution in [3.05, 3.63) is 28.9 Å². The molecule has 3 heteroatoms. The van der Waals surface area contributed by atoms with E-state index in [0.717, 1.165) is 29.5 Å². The van der Waals surface area contributed by atoms with Crippen molar-refractivity contribution < 1.29 is 4.52 Å². The molecule has 0 spiro atoms. The second-order valence-electron chi connectivity index (χ2n) is 3.02. The van der Waals surface area contributed by atoms with Gasteiger partial charge in [-0.3, -0.25) is 0 Å². The number of rotatable bonds is 2. The number of nitrogens with zero attached hydrogens (tertiary/aromatic N) is 1. The summed E-state index contributed by atoms with van der Waals surface area (Å²) >= 11 is 5.82. The van der Waals surface area contributed by atoms with Gasteiger partial charge < -0.3 is 4.52 Å². The van der Waals surface area contributed by atoms with Crippen LogP contribution in [0.5, 0.6) is 0 Å². The minimum absolute atomic E-state index is 0.687. The van der Waals surface area contributed by atoms with Crippen molar-refractivity contribution in [3.63, 3.8) is 0 Å². The molecule has 0 unspecified atom stereocenters. The lowest BCUT2D eigenvalue weighted by molar-refractivity contribution is 0.445. The predicted molar refractivity (Wildman–Crippen MR) is 53.0 cm³/mol. The lowest BCUT2D eigenvalue weighted by Gasteiger charge is -1.91. The molecule has 0 saturated carbocycles. The Morgan fingerprint density at radius 2 is 2.31 bits per heavy atom. The van der Waals surface area contributed by atoms with Gasteiger partial charge in [-0.2, -0.15) is 0 Å². The molecule has 1 heterocycles. The summed E-state index contributed by atoms with van der Waals surface area (Å²) in [5, 5.41) is 5.75. The normalized spacial score (nSPS) is 10.9. The van der Waals surface area contributed by atoms with E-state index in [4.69, 9.17) is 16.1 Å². The highest BCUT2D eigenvalue weighted by atomic mass is 35.5. The summed E-state index contributed by atoms with van der Waals surface area (Å²) < 4.78 is 5.15. The van der Waals surface area contributed by atoms with Gasteiger partial charge in [0.1, 0.15) is 0 Å². The molecule has 1 aromatic heterocycles. The maximum Gasteiger partial charge on any atom is 0.168 e. The van der Waals surface area contributed by atoms with Crippen LogP contribution in [-0.4, -0.2) is 5.16 Å². The van der Waals surface area contributed by atoms with Crippen LogP contribution >= 0.6 is 11.6 Å². The van der Waals surface area contributed by atoms with Gasteiger partial charge in [0.15, 0.2) is 5.58 Å². The molecular formula is C10H10ClNO. The Kier molecular flexibility index (Phi) is 2.23. The van der Waals surface area contributed by atoms with Crippen LogP contribution < -0.4 is 0 Å². The van der Waals surface area contributed by atoms with Crippen LogP contribution in [0.4, 0.5) is 0 Å². The fourth-order valence-electron chi connectivity index (χ4n) is 1.38. The van der Waals surface area contributed by atoms with Crippen LogP contribution in [0, 0.1) is 0 Å². The van der Waals surface area contributed by atoms with E-state index in [2.05, 4.69) is 12.1 Å². The van der Waals surface area contributed by atoms with Crippen LogP contribution in [0.1, 0.15) is 19.0 Å². The number of benzene rings is 1. The average molecular weight is 196 g/mol. The van der Waals surface area contributed by atoms with E-state index in [0.29, 0.717) is 5.02 Å². The summed E-state index contributed by atoms with van der Waals surface area (Å²) in [5.41, 5.74) is 1.80.